The van der Waals surface area contributed by atoms with E-state index in [0.717, 1.165) is 19.1 Å². The monoisotopic (exact) mass is 139 g/mol. The van der Waals surface area contributed by atoms with E-state index in [1.807, 2.05) is 0 Å². The molecule has 0 spiro atoms. The van der Waals surface area contributed by atoms with Crippen LogP contribution in [0.3, 0.4) is 0 Å². The number of rotatable bonds is 1. The summed E-state index contributed by atoms with van der Waals surface area (Å²) in [6.07, 6.45) is 5.74. The molecule has 57 valence electrons. The van der Waals surface area contributed by atoms with Crippen LogP contribution >= 0.6 is 0 Å². The van der Waals surface area contributed by atoms with Crippen LogP contribution in [-0.2, 0) is 0 Å². The first-order valence-electron chi connectivity index (χ1n) is 4.34. The quantitative estimate of drug-likeness (QED) is 0.569. The van der Waals surface area contributed by atoms with E-state index in [0.29, 0.717) is 6.04 Å². The Bertz CT molecular complexity index is 87.8. The van der Waals surface area contributed by atoms with Crippen molar-refractivity contribution in [1.29, 1.82) is 0 Å². The molecule has 1 saturated carbocycles. The minimum Gasteiger partial charge on any atom is -0.302 e. The van der Waals surface area contributed by atoms with E-state index in [2.05, 4.69) is 10.6 Å². The number of nitrogens with zero attached hydrogens (tertiary/aromatic N) is 1. The molecule has 1 unspecified atom stereocenters. The Balaban J connectivity index is 1.85. The third-order valence-electron chi connectivity index (χ3n) is 2.74. The molecule has 0 amide bonds. The van der Waals surface area contributed by atoms with Crippen molar-refractivity contribution in [2.75, 3.05) is 13.2 Å². The molecular weight excluding hydrogens is 124 g/mol. The molecule has 0 aromatic rings. The van der Waals surface area contributed by atoms with Crippen LogP contribution in [-0.4, -0.2) is 19.3 Å². The predicted molar refractivity (Wildman–Crippen MR) is 40.7 cm³/mol. The van der Waals surface area contributed by atoms with Gasteiger partial charge in [0.2, 0.25) is 0 Å². The lowest BCUT2D eigenvalue weighted by atomic mass is 9.99. The molecule has 2 heteroatoms. The molecule has 2 rings (SSSR count). The average molecular weight is 139 g/mol. The zero-order chi connectivity index (χ0) is 6.81. The van der Waals surface area contributed by atoms with Gasteiger partial charge in [0.05, 0.1) is 6.67 Å². The first-order valence-corrected chi connectivity index (χ1v) is 4.34. The van der Waals surface area contributed by atoms with Crippen molar-refractivity contribution < 1.29 is 0 Å². The number of hydrogen-bond acceptors (Lipinski definition) is 1. The second-order valence-corrected chi connectivity index (χ2v) is 3.41. The van der Waals surface area contributed by atoms with Gasteiger partial charge in [-0.05, 0) is 18.8 Å². The van der Waals surface area contributed by atoms with Gasteiger partial charge in [-0.15, -0.1) is 0 Å². The van der Waals surface area contributed by atoms with Gasteiger partial charge in [-0.1, -0.05) is 12.8 Å². The third kappa shape index (κ3) is 1.18. The zero-order valence-electron chi connectivity index (χ0n) is 6.34. The van der Waals surface area contributed by atoms with Crippen molar-refractivity contribution >= 4 is 0 Å². The Hall–Kier alpha value is -0.0800. The molecule has 1 saturated heterocycles. The molecule has 10 heavy (non-hydrogen) atoms. The van der Waals surface area contributed by atoms with Crippen molar-refractivity contribution in [3.63, 3.8) is 0 Å². The first-order chi connectivity index (χ1) is 4.97. The molecule has 0 bridgehead atoms. The van der Waals surface area contributed by atoms with Crippen molar-refractivity contribution in [1.82, 2.24) is 10.6 Å². The molecule has 0 aromatic heterocycles. The number of nitrogens with one attached hydrogen (secondary N) is 1. The SMILES string of the molecule is C1CCC(C2CNC[N]2)C1. The van der Waals surface area contributed by atoms with E-state index in [1.165, 1.54) is 25.7 Å². The fraction of sp³-hybridized carbons (Fsp3) is 1.00. The molecule has 2 fully saturated rings. The van der Waals surface area contributed by atoms with Gasteiger partial charge >= 0.3 is 0 Å². The summed E-state index contributed by atoms with van der Waals surface area (Å²) in [5.74, 6) is 0.926. The van der Waals surface area contributed by atoms with E-state index in [1.54, 1.807) is 0 Å². The van der Waals surface area contributed by atoms with Crippen LogP contribution in [0.5, 0.6) is 0 Å². The molecule has 1 aliphatic carbocycles. The van der Waals surface area contributed by atoms with E-state index < -0.39 is 0 Å². The Morgan fingerprint density at radius 1 is 1.20 bits per heavy atom. The Morgan fingerprint density at radius 2 is 2.00 bits per heavy atom. The van der Waals surface area contributed by atoms with Gasteiger partial charge in [0.15, 0.2) is 0 Å². The molecule has 2 aliphatic rings. The Kier molecular flexibility index (Phi) is 1.91. The van der Waals surface area contributed by atoms with E-state index in [-0.39, 0.29) is 0 Å². The Labute approximate surface area is 62.4 Å². The molecule has 1 radical (unpaired) electrons. The van der Waals surface area contributed by atoms with Crippen LogP contribution in [0.2, 0.25) is 0 Å². The fourth-order valence-electron chi connectivity index (χ4n) is 2.12. The first kappa shape index (κ1) is 6.62. The molecule has 1 heterocycles. The van der Waals surface area contributed by atoms with E-state index >= 15 is 0 Å². The van der Waals surface area contributed by atoms with Gasteiger partial charge in [-0.2, -0.15) is 0 Å². The predicted octanol–water partition coefficient (Wildman–Crippen LogP) is 0.710. The van der Waals surface area contributed by atoms with E-state index in [4.69, 9.17) is 0 Å². The highest BCUT2D eigenvalue weighted by Crippen LogP contribution is 2.28. The Morgan fingerprint density at radius 3 is 2.60 bits per heavy atom. The highest BCUT2D eigenvalue weighted by atomic mass is 15.2. The van der Waals surface area contributed by atoms with Crippen LogP contribution in [0.25, 0.3) is 0 Å². The van der Waals surface area contributed by atoms with Crippen molar-refractivity contribution in [2.24, 2.45) is 5.92 Å². The van der Waals surface area contributed by atoms with Gasteiger partial charge in [-0.25, -0.2) is 5.32 Å². The maximum Gasteiger partial charge on any atom is 0.0628 e. The standard InChI is InChI=1S/C8H15N2/c1-2-4-7(3-1)8-5-9-6-10-8/h7-9H,1-6H2. The van der Waals surface area contributed by atoms with Crippen molar-refractivity contribution in [2.45, 2.75) is 31.7 Å². The van der Waals surface area contributed by atoms with Gasteiger partial charge in [0, 0.05) is 12.6 Å². The lowest BCUT2D eigenvalue weighted by Gasteiger charge is -2.14. The lowest BCUT2D eigenvalue weighted by Crippen LogP contribution is -2.26. The largest absolute Gasteiger partial charge is 0.302 e. The van der Waals surface area contributed by atoms with Crippen LogP contribution in [0.1, 0.15) is 25.7 Å². The van der Waals surface area contributed by atoms with Crippen LogP contribution in [0, 0.1) is 5.92 Å². The fourth-order valence-corrected chi connectivity index (χ4v) is 2.12. The lowest BCUT2D eigenvalue weighted by molar-refractivity contribution is 0.409. The minimum atomic E-state index is 0.669. The summed E-state index contributed by atoms with van der Waals surface area (Å²) >= 11 is 0. The summed E-state index contributed by atoms with van der Waals surface area (Å²) in [7, 11) is 0. The van der Waals surface area contributed by atoms with Crippen molar-refractivity contribution in [3.05, 3.63) is 0 Å². The van der Waals surface area contributed by atoms with Gasteiger partial charge < -0.3 is 5.32 Å². The smallest absolute Gasteiger partial charge is 0.0628 e. The summed E-state index contributed by atoms with van der Waals surface area (Å²) in [6.45, 7) is 2.05. The maximum atomic E-state index is 4.51. The third-order valence-corrected chi connectivity index (χ3v) is 2.74. The highest BCUT2D eigenvalue weighted by Gasteiger charge is 2.27. The van der Waals surface area contributed by atoms with E-state index in [9.17, 15) is 0 Å². The summed E-state index contributed by atoms with van der Waals surface area (Å²) in [5, 5.41) is 7.79. The van der Waals surface area contributed by atoms with Gasteiger partial charge in [0.25, 0.3) is 0 Å². The molecule has 2 nitrogen and oxygen atoms in total. The van der Waals surface area contributed by atoms with Crippen LogP contribution in [0.4, 0.5) is 0 Å². The summed E-state index contributed by atoms with van der Waals surface area (Å²) in [6, 6.07) is 0.669. The zero-order valence-corrected chi connectivity index (χ0v) is 6.34. The summed E-state index contributed by atoms with van der Waals surface area (Å²) < 4.78 is 0. The normalized spacial score (nSPS) is 35.4. The molecule has 0 aromatic carbocycles. The topological polar surface area (TPSA) is 26.1 Å². The second kappa shape index (κ2) is 2.89. The molecule has 1 N–H and O–H groups in total. The number of hydrogen-bond donors (Lipinski definition) is 1. The van der Waals surface area contributed by atoms with Crippen LogP contribution in [0.15, 0.2) is 0 Å². The highest BCUT2D eigenvalue weighted by molar-refractivity contribution is 4.84. The second-order valence-electron chi connectivity index (χ2n) is 3.41. The summed E-state index contributed by atoms with van der Waals surface area (Å²) in [5.41, 5.74) is 0. The molecule has 1 aliphatic heterocycles. The average Bonchev–Trinajstić information content (AvgIpc) is 2.59. The summed E-state index contributed by atoms with van der Waals surface area (Å²) in [4.78, 5) is 0. The minimum absolute atomic E-state index is 0.669. The van der Waals surface area contributed by atoms with Crippen LogP contribution < -0.4 is 10.6 Å². The van der Waals surface area contributed by atoms with Gasteiger partial charge in [-0.3, -0.25) is 0 Å². The molecular formula is C8H15N2. The maximum absolute atomic E-state index is 4.51. The van der Waals surface area contributed by atoms with Crippen molar-refractivity contribution in [3.8, 4) is 0 Å². The van der Waals surface area contributed by atoms with Gasteiger partial charge in [0.1, 0.15) is 0 Å². The molecule has 1 atom stereocenters.